The maximum atomic E-state index is 6.22. The highest BCUT2D eigenvalue weighted by Gasteiger charge is 2.52. The van der Waals surface area contributed by atoms with Crippen molar-refractivity contribution in [3.05, 3.63) is 30.3 Å². The Kier molecular flexibility index (Phi) is 3.27. The van der Waals surface area contributed by atoms with Crippen LogP contribution in [0.4, 0.5) is 5.69 Å². The molecule has 0 amide bonds. The minimum absolute atomic E-state index is 0.358. The average Bonchev–Trinajstić information content (AvgIpc) is 2.47. The van der Waals surface area contributed by atoms with E-state index in [4.69, 9.17) is 15.0 Å². The van der Waals surface area contributed by atoms with Crippen molar-refractivity contribution in [2.24, 2.45) is 0 Å². The number of anilines is 1. The van der Waals surface area contributed by atoms with Crippen LogP contribution in [-0.4, -0.2) is 18.3 Å². The third kappa shape index (κ3) is 2.30. The lowest BCUT2D eigenvalue weighted by molar-refractivity contribution is 0.00578. The summed E-state index contributed by atoms with van der Waals surface area (Å²) in [6.07, 6.45) is 0. The highest BCUT2D eigenvalue weighted by molar-refractivity contribution is 6.64. The van der Waals surface area contributed by atoms with Crippen molar-refractivity contribution in [3.8, 4) is 0 Å². The lowest BCUT2D eigenvalue weighted by Gasteiger charge is -2.32. The van der Waals surface area contributed by atoms with Crippen LogP contribution >= 0.6 is 0 Å². The molecule has 3 nitrogen and oxygen atoms in total. The molecule has 1 aliphatic rings. The van der Waals surface area contributed by atoms with Gasteiger partial charge in [-0.3, -0.25) is 0 Å². The summed E-state index contributed by atoms with van der Waals surface area (Å²) in [5.41, 5.74) is 8.96. The Morgan fingerprint density at radius 3 is 2.16 bits per heavy atom. The molecule has 0 aliphatic carbocycles. The van der Waals surface area contributed by atoms with E-state index in [0.29, 0.717) is 5.69 Å². The average molecular weight is 259 g/mol. The monoisotopic (exact) mass is 259 g/mol. The van der Waals surface area contributed by atoms with Crippen molar-refractivity contribution in [1.29, 1.82) is 0 Å². The molecule has 1 fully saturated rings. The second kappa shape index (κ2) is 4.39. The van der Waals surface area contributed by atoms with Crippen LogP contribution in [0.3, 0.4) is 0 Å². The summed E-state index contributed by atoms with van der Waals surface area (Å²) in [4.78, 5) is 0. The molecule has 1 aliphatic heterocycles. The predicted molar refractivity (Wildman–Crippen MR) is 81.3 cm³/mol. The lowest BCUT2D eigenvalue weighted by atomic mass is 9.76. The van der Waals surface area contributed by atoms with Crippen molar-refractivity contribution in [3.63, 3.8) is 0 Å². The fourth-order valence-electron chi connectivity index (χ4n) is 2.13. The molecule has 2 rings (SSSR count). The zero-order chi connectivity index (χ0) is 14.4. The number of allylic oxidation sites excluding steroid dienone is 1. The van der Waals surface area contributed by atoms with Gasteiger partial charge in [0.25, 0.3) is 0 Å². The van der Waals surface area contributed by atoms with E-state index in [1.807, 2.05) is 52.8 Å². The van der Waals surface area contributed by atoms with Crippen molar-refractivity contribution < 1.29 is 9.31 Å². The Balaban J connectivity index is 2.40. The number of nitrogens with two attached hydrogens (primary N) is 1. The molecule has 0 saturated carbocycles. The number of hydrogen-bond donors (Lipinski definition) is 1. The van der Waals surface area contributed by atoms with Gasteiger partial charge in [-0.25, -0.2) is 0 Å². The largest absolute Gasteiger partial charge is 0.496 e. The maximum Gasteiger partial charge on any atom is 0.496 e. The molecule has 2 N–H and O–H groups in total. The first-order valence-corrected chi connectivity index (χ1v) is 6.55. The van der Waals surface area contributed by atoms with Crippen LogP contribution in [0.1, 0.15) is 40.2 Å². The van der Waals surface area contributed by atoms with Crippen molar-refractivity contribution >= 4 is 23.8 Å². The number of para-hydroxylation sites is 1. The SMILES string of the molecule is C=C(C)c1cccc(B2OC(C)(C)C(C)(C)O2)c1N. The van der Waals surface area contributed by atoms with E-state index < -0.39 is 7.12 Å². The van der Waals surface area contributed by atoms with Crippen LogP contribution in [0.25, 0.3) is 5.57 Å². The summed E-state index contributed by atoms with van der Waals surface area (Å²) < 4.78 is 12.1. The quantitative estimate of drug-likeness (QED) is 0.655. The van der Waals surface area contributed by atoms with Crippen molar-refractivity contribution in [2.75, 3.05) is 5.73 Å². The van der Waals surface area contributed by atoms with Crippen molar-refractivity contribution in [2.45, 2.75) is 45.8 Å². The van der Waals surface area contributed by atoms with Gasteiger partial charge in [0.2, 0.25) is 0 Å². The van der Waals surface area contributed by atoms with Gasteiger partial charge in [0, 0.05) is 11.2 Å². The van der Waals surface area contributed by atoms with Gasteiger partial charge in [-0.2, -0.15) is 0 Å². The molecule has 1 aromatic rings. The van der Waals surface area contributed by atoms with E-state index >= 15 is 0 Å². The topological polar surface area (TPSA) is 44.5 Å². The second-order valence-corrected chi connectivity index (χ2v) is 6.18. The highest BCUT2D eigenvalue weighted by atomic mass is 16.7. The lowest BCUT2D eigenvalue weighted by Crippen LogP contribution is -2.41. The van der Waals surface area contributed by atoms with Gasteiger partial charge in [0.05, 0.1) is 11.2 Å². The zero-order valence-electron chi connectivity index (χ0n) is 12.4. The summed E-state index contributed by atoms with van der Waals surface area (Å²) in [6.45, 7) is 14.0. The highest BCUT2D eigenvalue weighted by Crippen LogP contribution is 2.37. The molecule has 4 heteroatoms. The molecule has 19 heavy (non-hydrogen) atoms. The normalized spacial score (nSPS) is 20.6. The molecule has 0 radical (unpaired) electrons. The fourth-order valence-corrected chi connectivity index (χ4v) is 2.13. The smallest absolute Gasteiger partial charge is 0.399 e. The predicted octanol–water partition coefficient (Wildman–Crippen LogP) is 2.60. The van der Waals surface area contributed by atoms with E-state index in [0.717, 1.165) is 16.6 Å². The molecule has 0 aromatic heterocycles. The molecule has 0 bridgehead atoms. The first-order valence-electron chi connectivity index (χ1n) is 6.55. The maximum absolute atomic E-state index is 6.22. The van der Waals surface area contributed by atoms with Gasteiger partial charge in [-0.15, -0.1) is 0 Å². The van der Waals surface area contributed by atoms with Crippen LogP contribution in [-0.2, 0) is 9.31 Å². The molecule has 102 valence electrons. The Bertz CT molecular complexity index is 507. The first-order chi connectivity index (χ1) is 8.66. The molecule has 1 heterocycles. The zero-order valence-corrected chi connectivity index (χ0v) is 12.4. The summed E-state index contributed by atoms with van der Waals surface area (Å²) in [5.74, 6) is 0. The third-order valence-corrected chi connectivity index (χ3v) is 4.11. The van der Waals surface area contributed by atoms with Gasteiger partial charge < -0.3 is 15.0 Å². The summed E-state index contributed by atoms with van der Waals surface area (Å²) in [5, 5.41) is 0. The van der Waals surface area contributed by atoms with Gasteiger partial charge in [-0.1, -0.05) is 24.8 Å². The molecule has 0 unspecified atom stereocenters. The Hall–Kier alpha value is -1.26. The van der Waals surface area contributed by atoms with Gasteiger partial charge in [0.1, 0.15) is 0 Å². The fraction of sp³-hybridized carbons (Fsp3) is 0.467. The molecule has 1 aromatic carbocycles. The van der Waals surface area contributed by atoms with Crippen LogP contribution in [0.2, 0.25) is 0 Å². The van der Waals surface area contributed by atoms with Crippen LogP contribution in [0.15, 0.2) is 24.8 Å². The molecule has 0 atom stereocenters. The summed E-state index contributed by atoms with van der Waals surface area (Å²) >= 11 is 0. The number of rotatable bonds is 2. The summed E-state index contributed by atoms with van der Waals surface area (Å²) in [6, 6.07) is 5.87. The Morgan fingerprint density at radius 2 is 1.68 bits per heavy atom. The molecular weight excluding hydrogens is 237 g/mol. The van der Waals surface area contributed by atoms with Crippen LogP contribution in [0, 0.1) is 0 Å². The van der Waals surface area contributed by atoms with Crippen LogP contribution in [0.5, 0.6) is 0 Å². The van der Waals surface area contributed by atoms with Gasteiger partial charge in [0.15, 0.2) is 0 Å². The molecular formula is C15H22BNO2. The van der Waals surface area contributed by atoms with Gasteiger partial charge >= 0.3 is 7.12 Å². The number of nitrogen functional groups attached to an aromatic ring is 1. The number of benzene rings is 1. The van der Waals surface area contributed by atoms with E-state index in [-0.39, 0.29) is 11.2 Å². The first kappa shape index (κ1) is 14.2. The Labute approximate surface area is 115 Å². The molecule has 0 spiro atoms. The number of hydrogen-bond acceptors (Lipinski definition) is 3. The standard InChI is InChI=1S/C15H22BNO2/c1-10(2)11-8-7-9-12(13(11)17)16-18-14(3,4)15(5,6)19-16/h7-9H,1,17H2,2-6H3. The van der Waals surface area contributed by atoms with E-state index in [9.17, 15) is 0 Å². The van der Waals surface area contributed by atoms with Gasteiger partial charge in [-0.05, 0) is 45.8 Å². The second-order valence-electron chi connectivity index (χ2n) is 6.18. The van der Waals surface area contributed by atoms with Crippen molar-refractivity contribution in [1.82, 2.24) is 0 Å². The molecule has 1 saturated heterocycles. The van der Waals surface area contributed by atoms with Crippen LogP contribution < -0.4 is 11.2 Å². The van der Waals surface area contributed by atoms with E-state index in [1.54, 1.807) is 0 Å². The Morgan fingerprint density at radius 1 is 1.16 bits per heavy atom. The summed E-state index contributed by atoms with van der Waals surface area (Å²) in [7, 11) is -0.427. The van der Waals surface area contributed by atoms with E-state index in [1.165, 1.54) is 0 Å². The minimum Gasteiger partial charge on any atom is -0.399 e. The third-order valence-electron chi connectivity index (χ3n) is 4.11. The van der Waals surface area contributed by atoms with E-state index in [2.05, 4.69) is 6.58 Å². The minimum atomic E-state index is -0.427.